The zero-order valence-electron chi connectivity index (χ0n) is 21.2. The van der Waals surface area contributed by atoms with E-state index in [0.29, 0.717) is 29.4 Å². The molecule has 0 aliphatic carbocycles. The smallest absolute Gasteiger partial charge is 0.295 e. The van der Waals surface area contributed by atoms with Gasteiger partial charge in [0.1, 0.15) is 5.75 Å². The molecule has 1 amide bonds. The van der Waals surface area contributed by atoms with Crippen LogP contribution in [0.25, 0.3) is 5.76 Å². The number of hydrogen-bond donors (Lipinski definition) is 0. The molecule has 6 nitrogen and oxygen atoms in total. The van der Waals surface area contributed by atoms with E-state index in [-0.39, 0.29) is 12.1 Å². The van der Waals surface area contributed by atoms with Gasteiger partial charge in [-0.2, -0.15) is 0 Å². The highest BCUT2D eigenvalue weighted by Crippen LogP contribution is 2.40. The first kappa shape index (κ1) is 25.2. The van der Waals surface area contributed by atoms with Crippen LogP contribution in [0.5, 0.6) is 5.75 Å². The zero-order valence-corrected chi connectivity index (χ0v) is 21.2. The fourth-order valence-corrected chi connectivity index (χ4v) is 4.43. The lowest BCUT2D eigenvalue weighted by atomic mass is 9.93. The number of pyridine rings is 1. The summed E-state index contributed by atoms with van der Waals surface area (Å²) in [6.07, 6.45) is 4.43. The van der Waals surface area contributed by atoms with Gasteiger partial charge < -0.3 is 14.7 Å². The molecule has 1 N–H and O–H groups in total. The molecule has 0 bridgehead atoms. The minimum absolute atomic E-state index is 0.0110. The first-order chi connectivity index (χ1) is 17.3. The summed E-state index contributed by atoms with van der Waals surface area (Å²) in [4.78, 5) is 31.0. The topological polar surface area (TPSA) is 83.8 Å². The van der Waals surface area contributed by atoms with Gasteiger partial charge in [0.25, 0.3) is 5.91 Å². The van der Waals surface area contributed by atoms with Gasteiger partial charge in [-0.25, -0.2) is 4.98 Å². The Morgan fingerprint density at radius 2 is 1.83 bits per heavy atom. The maximum atomic E-state index is 13.8. The van der Waals surface area contributed by atoms with E-state index in [4.69, 9.17) is 4.74 Å². The normalized spacial score (nSPS) is 17.1. The number of carbonyl (C=O) groups is 2. The number of nitrogens with zero attached hydrogens (tertiary/aromatic N) is 1. The average molecular weight is 485 g/mol. The third-order valence-corrected chi connectivity index (χ3v) is 6.38. The highest BCUT2D eigenvalue weighted by Gasteiger charge is 2.44. The predicted octanol–water partition coefficient (Wildman–Crippen LogP) is 3.83. The van der Waals surface area contributed by atoms with Gasteiger partial charge in [-0.15, -0.1) is 0 Å². The third-order valence-electron chi connectivity index (χ3n) is 6.38. The first-order valence-electron chi connectivity index (χ1n) is 12.3. The van der Waals surface area contributed by atoms with Crippen LogP contribution in [0.2, 0.25) is 0 Å². The second-order valence-corrected chi connectivity index (χ2v) is 9.60. The van der Waals surface area contributed by atoms with Crippen LogP contribution in [0.4, 0.5) is 0 Å². The molecule has 186 valence electrons. The van der Waals surface area contributed by atoms with E-state index in [1.807, 2.05) is 43.3 Å². The number of carbonyl (C=O) groups excluding carboxylic acids is 2. The van der Waals surface area contributed by atoms with E-state index >= 15 is 0 Å². The molecule has 4 rings (SSSR count). The Labute approximate surface area is 212 Å². The molecule has 0 spiro atoms. The molecule has 0 saturated carbocycles. The molecule has 1 atom stereocenters. The van der Waals surface area contributed by atoms with Crippen molar-refractivity contribution in [3.05, 3.63) is 100 Å². The second-order valence-electron chi connectivity index (χ2n) is 9.60. The minimum Gasteiger partial charge on any atom is -0.872 e. The molecule has 1 fully saturated rings. The van der Waals surface area contributed by atoms with E-state index in [2.05, 4.69) is 25.8 Å². The van der Waals surface area contributed by atoms with Crippen molar-refractivity contribution >= 4 is 17.4 Å². The van der Waals surface area contributed by atoms with Gasteiger partial charge in [-0.05, 0) is 59.7 Å². The van der Waals surface area contributed by atoms with E-state index < -0.39 is 23.5 Å². The van der Waals surface area contributed by atoms with Crippen molar-refractivity contribution in [1.29, 1.82) is 0 Å². The number of aromatic nitrogens is 1. The van der Waals surface area contributed by atoms with E-state index in [9.17, 15) is 14.7 Å². The Hall–Kier alpha value is -3.93. The van der Waals surface area contributed by atoms with Crippen molar-refractivity contribution in [2.24, 2.45) is 5.92 Å². The van der Waals surface area contributed by atoms with Crippen molar-refractivity contribution in [1.82, 2.24) is 4.90 Å². The van der Waals surface area contributed by atoms with Gasteiger partial charge in [-0.3, -0.25) is 9.59 Å². The van der Waals surface area contributed by atoms with Gasteiger partial charge in [0.2, 0.25) is 5.78 Å². The van der Waals surface area contributed by atoms with Crippen LogP contribution in [-0.4, -0.2) is 23.2 Å². The van der Waals surface area contributed by atoms with Crippen LogP contribution in [0.3, 0.4) is 0 Å². The minimum atomic E-state index is -0.764. The van der Waals surface area contributed by atoms with Crippen molar-refractivity contribution in [3.63, 3.8) is 0 Å². The molecule has 36 heavy (non-hydrogen) atoms. The third kappa shape index (κ3) is 5.18. The number of ether oxygens (including phenoxy) is 1. The maximum absolute atomic E-state index is 13.8. The number of hydrogen-bond acceptors (Lipinski definition) is 4. The fourth-order valence-electron chi connectivity index (χ4n) is 4.43. The van der Waals surface area contributed by atoms with Crippen LogP contribution in [0.15, 0.2) is 72.6 Å². The molecule has 3 aromatic rings. The SMILES string of the molecule is CCc1ccc(C2C(=C([O-])c3ccc(OCC(C)C)cc3C)C(=O)C(=O)N2Cc2ccc[nH+]c2)cc1. The molecule has 1 saturated heterocycles. The van der Waals surface area contributed by atoms with Crippen LogP contribution in [-0.2, 0) is 22.6 Å². The van der Waals surface area contributed by atoms with Gasteiger partial charge in [0, 0.05) is 17.2 Å². The van der Waals surface area contributed by atoms with E-state index in [0.717, 1.165) is 23.1 Å². The average Bonchev–Trinajstić information content (AvgIpc) is 3.12. The molecule has 6 heteroatoms. The molecule has 2 aromatic carbocycles. The molecule has 1 unspecified atom stereocenters. The largest absolute Gasteiger partial charge is 0.872 e. The lowest BCUT2D eigenvalue weighted by Crippen LogP contribution is -2.29. The summed E-state index contributed by atoms with van der Waals surface area (Å²) in [7, 11) is 0. The quantitative estimate of drug-likeness (QED) is 0.276. The number of benzene rings is 2. The number of aromatic amines is 1. The number of nitrogens with one attached hydrogen (secondary N) is 1. The molecule has 1 aliphatic heterocycles. The van der Waals surface area contributed by atoms with Crippen molar-refractivity contribution < 1.29 is 24.4 Å². The first-order valence-corrected chi connectivity index (χ1v) is 12.3. The molecule has 0 radical (unpaired) electrons. The van der Waals surface area contributed by atoms with E-state index in [1.165, 1.54) is 4.90 Å². The summed E-state index contributed by atoms with van der Waals surface area (Å²) in [5.41, 5.74) is 3.80. The van der Waals surface area contributed by atoms with Gasteiger partial charge in [-0.1, -0.05) is 56.9 Å². The number of H-pyrrole nitrogens is 1. The fraction of sp³-hybridized carbons (Fsp3) is 0.300. The van der Waals surface area contributed by atoms with Crippen molar-refractivity contribution in [2.75, 3.05) is 6.61 Å². The maximum Gasteiger partial charge on any atom is 0.295 e. The summed E-state index contributed by atoms with van der Waals surface area (Å²) in [6, 6.07) is 16.0. The highest BCUT2D eigenvalue weighted by molar-refractivity contribution is 6.46. The van der Waals surface area contributed by atoms with Gasteiger partial charge in [0.05, 0.1) is 19.2 Å². The molecule has 2 heterocycles. The van der Waals surface area contributed by atoms with Crippen LogP contribution in [0, 0.1) is 12.8 Å². The summed E-state index contributed by atoms with van der Waals surface area (Å²) >= 11 is 0. The molecule has 1 aromatic heterocycles. The number of amides is 1. The Kier molecular flexibility index (Phi) is 7.53. The Bertz CT molecular complexity index is 1280. The number of likely N-dealkylation sites (tertiary alicyclic amines) is 1. The Morgan fingerprint density at radius 3 is 2.44 bits per heavy atom. The van der Waals surface area contributed by atoms with Crippen LogP contribution in [0.1, 0.15) is 54.6 Å². The summed E-state index contributed by atoms with van der Waals surface area (Å²) < 4.78 is 5.79. The number of rotatable bonds is 8. The zero-order chi connectivity index (χ0) is 25.8. The van der Waals surface area contributed by atoms with Crippen molar-refractivity contribution in [2.45, 2.75) is 46.7 Å². The summed E-state index contributed by atoms with van der Waals surface area (Å²) in [6.45, 7) is 8.79. The standard InChI is InChI=1S/C30H32N2O4/c1-5-21-8-10-23(11-9-21)27-26(29(34)30(35)32(27)17-22-7-6-14-31-16-22)28(33)25-13-12-24(15-20(25)4)36-18-19(2)3/h6-16,19,27,33H,5,17-18H2,1-4H3. The van der Waals surface area contributed by atoms with E-state index in [1.54, 1.807) is 30.6 Å². The highest BCUT2D eigenvalue weighted by atomic mass is 16.5. The van der Waals surface area contributed by atoms with Gasteiger partial charge in [0.15, 0.2) is 12.4 Å². The molecular weight excluding hydrogens is 452 g/mol. The number of ketones is 1. The van der Waals surface area contributed by atoms with Crippen LogP contribution >= 0.6 is 0 Å². The molecular formula is C30H32N2O4. The summed E-state index contributed by atoms with van der Waals surface area (Å²) in [5.74, 6) is -0.791. The monoisotopic (exact) mass is 484 g/mol. The van der Waals surface area contributed by atoms with Crippen LogP contribution < -0.4 is 14.8 Å². The Morgan fingerprint density at radius 1 is 1.08 bits per heavy atom. The predicted molar refractivity (Wildman–Crippen MR) is 136 cm³/mol. The van der Waals surface area contributed by atoms with Crippen molar-refractivity contribution in [3.8, 4) is 5.75 Å². The summed E-state index contributed by atoms with van der Waals surface area (Å²) in [5, 5.41) is 13.8. The number of aryl methyl sites for hydroxylation is 2. The molecule has 1 aliphatic rings. The lowest BCUT2D eigenvalue weighted by molar-refractivity contribution is -0.378. The van der Waals surface area contributed by atoms with Gasteiger partial charge >= 0.3 is 0 Å². The number of Topliss-reactive ketones (excluding diaryl/α,β-unsaturated/α-hetero) is 1. The lowest BCUT2D eigenvalue weighted by Gasteiger charge is -2.28. The Balaban J connectivity index is 1.79. The second kappa shape index (κ2) is 10.8.